The molecule has 0 aliphatic carbocycles. The smallest absolute Gasteiger partial charge is 0.341 e. The Morgan fingerprint density at radius 1 is 1.59 bits per heavy atom. The summed E-state index contributed by atoms with van der Waals surface area (Å²) in [7, 11) is -3.07. The number of ether oxygens (including phenoxy) is 1. The summed E-state index contributed by atoms with van der Waals surface area (Å²) in [5.41, 5.74) is 0.134. The predicted octanol–water partition coefficient (Wildman–Crippen LogP) is 1.19. The molecule has 0 unspecified atom stereocenters. The quantitative estimate of drug-likeness (QED) is 0.758. The van der Waals surface area contributed by atoms with Crippen LogP contribution in [0.2, 0.25) is 0 Å². The number of nitrogens with zero attached hydrogens (tertiary/aromatic N) is 1. The predicted molar refractivity (Wildman–Crippen MR) is 63.9 cm³/mol. The van der Waals surface area contributed by atoms with Gasteiger partial charge in [-0.25, -0.2) is 13.2 Å². The summed E-state index contributed by atoms with van der Waals surface area (Å²) in [5.74, 6) is -0.504. The molecule has 1 fully saturated rings. The topological polar surface area (TPSA) is 73.3 Å². The van der Waals surface area contributed by atoms with E-state index in [1.165, 1.54) is 11.5 Å². The third kappa shape index (κ3) is 2.66. The normalized spacial score (nSPS) is 26.9. The molecule has 1 saturated heterocycles. The largest absolute Gasteiger partial charge is 0.455 e. The molecule has 94 valence electrons. The Morgan fingerprint density at radius 3 is 2.76 bits per heavy atom. The van der Waals surface area contributed by atoms with Gasteiger partial charge in [-0.3, -0.25) is 0 Å². The van der Waals surface area contributed by atoms with Crippen molar-refractivity contribution in [2.75, 3.05) is 11.5 Å². The van der Waals surface area contributed by atoms with Gasteiger partial charge in [-0.05, 0) is 25.4 Å². The van der Waals surface area contributed by atoms with Gasteiger partial charge in [-0.15, -0.1) is 0 Å². The summed E-state index contributed by atoms with van der Waals surface area (Å²) in [5, 5.41) is 1.62. The Balaban J connectivity index is 2.13. The Morgan fingerprint density at radius 2 is 2.29 bits per heavy atom. The minimum Gasteiger partial charge on any atom is -0.455 e. The molecule has 1 atom stereocenters. The average molecular weight is 275 g/mol. The van der Waals surface area contributed by atoms with Crippen molar-refractivity contribution in [3.63, 3.8) is 0 Å². The molecule has 0 amide bonds. The van der Waals surface area contributed by atoms with Crippen LogP contribution in [0, 0.1) is 6.92 Å². The number of esters is 1. The third-order valence-electron chi connectivity index (χ3n) is 2.78. The van der Waals surface area contributed by atoms with Crippen LogP contribution >= 0.6 is 11.5 Å². The standard InChI is InChI=1S/C10H13NO4S2/c1-7-8(5-16-11-7)9(12)15-10(2)3-4-17(13,14)6-10/h5H,3-4,6H2,1-2H3/t10-/m0/s1. The third-order valence-corrected chi connectivity index (χ3v) is 5.37. The fraction of sp³-hybridized carbons (Fsp3) is 0.600. The van der Waals surface area contributed by atoms with Crippen LogP contribution in [0.3, 0.4) is 0 Å². The molecular formula is C10H13NO4S2. The second kappa shape index (κ2) is 4.06. The number of carbonyl (C=O) groups is 1. The van der Waals surface area contributed by atoms with Crippen molar-refractivity contribution in [2.24, 2.45) is 0 Å². The molecule has 0 aromatic carbocycles. The van der Waals surface area contributed by atoms with Crippen LogP contribution in [0.5, 0.6) is 0 Å². The second-order valence-electron chi connectivity index (χ2n) is 4.50. The van der Waals surface area contributed by atoms with E-state index in [9.17, 15) is 13.2 Å². The maximum atomic E-state index is 11.8. The fourth-order valence-electron chi connectivity index (χ4n) is 1.83. The van der Waals surface area contributed by atoms with Gasteiger partial charge in [0.05, 0.1) is 22.8 Å². The van der Waals surface area contributed by atoms with Gasteiger partial charge in [0.1, 0.15) is 5.60 Å². The van der Waals surface area contributed by atoms with Crippen molar-refractivity contribution in [1.82, 2.24) is 4.37 Å². The van der Waals surface area contributed by atoms with Gasteiger partial charge in [0.15, 0.2) is 9.84 Å². The summed E-state index contributed by atoms with van der Waals surface area (Å²) >= 11 is 1.18. The number of hydrogen-bond acceptors (Lipinski definition) is 6. The van der Waals surface area contributed by atoms with Gasteiger partial charge < -0.3 is 4.74 Å². The Bertz CT molecular complexity index is 548. The zero-order chi connectivity index (χ0) is 12.7. The molecule has 0 saturated carbocycles. The van der Waals surface area contributed by atoms with Gasteiger partial charge in [0.25, 0.3) is 0 Å². The number of rotatable bonds is 2. The highest BCUT2D eigenvalue weighted by molar-refractivity contribution is 7.91. The first kappa shape index (κ1) is 12.5. The number of aryl methyl sites for hydroxylation is 1. The maximum Gasteiger partial charge on any atom is 0.341 e. The summed E-state index contributed by atoms with van der Waals surface area (Å²) < 4.78 is 32.1. The van der Waals surface area contributed by atoms with Crippen LogP contribution in [0.25, 0.3) is 0 Å². The van der Waals surface area contributed by atoms with Crippen molar-refractivity contribution in [2.45, 2.75) is 25.9 Å². The minimum atomic E-state index is -3.07. The molecule has 17 heavy (non-hydrogen) atoms. The molecule has 1 aromatic heterocycles. The van der Waals surface area contributed by atoms with E-state index in [1.807, 2.05) is 0 Å². The van der Waals surface area contributed by atoms with Crippen molar-refractivity contribution in [1.29, 1.82) is 0 Å². The zero-order valence-electron chi connectivity index (χ0n) is 9.60. The molecular weight excluding hydrogens is 262 g/mol. The van der Waals surface area contributed by atoms with Gasteiger partial charge in [0.2, 0.25) is 0 Å². The molecule has 0 bridgehead atoms. The first-order chi connectivity index (χ1) is 7.81. The molecule has 2 rings (SSSR count). The number of aromatic nitrogens is 1. The second-order valence-corrected chi connectivity index (χ2v) is 7.31. The van der Waals surface area contributed by atoms with Crippen molar-refractivity contribution >= 4 is 27.3 Å². The molecule has 7 heteroatoms. The highest BCUT2D eigenvalue weighted by Gasteiger charge is 2.42. The molecule has 0 N–H and O–H groups in total. The fourth-order valence-corrected chi connectivity index (χ4v) is 4.53. The number of sulfone groups is 1. The Kier molecular flexibility index (Phi) is 2.99. The van der Waals surface area contributed by atoms with Crippen LogP contribution in [0.15, 0.2) is 5.38 Å². The van der Waals surface area contributed by atoms with Crippen LogP contribution in [-0.2, 0) is 14.6 Å². The lowest BCUT2D eigenvalue weighted by molar-refractivity contribution is 0.00227. The molecule has 5 nitrogen and oxygen atoms in total. The monoisotopic (exact) mass is 275 g/mol. The van der Waals surface area contributed by atoms with Crippen LogP contribution in [0.1, 0.15) is 29.4 Å². The lowest BCUT2D eigenvalue weighted by atomic mass is 10.1. The Labute approximate surface area is 104 Å². The number of carbonyl (C=O) groups excluding carboxylic acids is 1. The minimum absolute atomic E-state index is 0.0810. The summed E-state index contributed by atoms with van der Waals surface area (Å²) in [6.45, 7) is 3.38. The summed E-state index contributed by atoms with van der Waals surface area (Å²) in [6.07, 6.45) is 0.359. The maximum absolute atomic E-state index is 11.8. The van der Waals surface area contributed by atoms with E-state index in [2.05, 4.69) is 4.37 Å². The summed E-state index contributed by atoms with van der Waals surface area (Å²) in [6, 6.07) is 0. The van der Waals surface area contributed by atoms with E-state index in [4.69, 9.17) is 4.74 Å². The van der Waals surface area contributed by atoms with Crippen LogP contribution in [0.4, 0.5) is 0 Å². The van der Waals surface area contributed by atoms with Gasteiger partial charge in [-0.2, -0.15) is 4.37 Å². The highest BCUT2D eigenvalue weighted by Crippen LogP contribution is 2.28. The average Bonchev–Trinajstić information content (AvgIpc) is 2.70. The molecule has 0 radical (unpaired) electrons. The molecule has 0 spiro atoms. The van der Waals surface area contributed by atoms with E-state index < -0.39 is 21.4 Å². The van der Waals surface area contributed by atoms with E-state index in [0.29, 0.717) is 17.7 Å². The van der Waals surface area contributed by atoms with Crippen LogP contribution < -0.4 is 0 Å². The zero-order valence-corrected chi connectivity index (χ0v) is 11.2. The molecule has 1 aliphatic heterocycles. The van der Waals surface area contributed by atoms with Crippen molar-refractivity contribution in [3.8, 4) is 0 Å². The lowest BCUT2D eigenvalue weighted by Crippen LogP contribution is -2.33. The molecule has 2 heterocycles. The van der Waals surface area contributed by atoms with Gasteiger partial charge in [-0.1, -0.05) is 0 Å². The lowest BCUT2D eigenvalue weighted by Gasteiger charge is -2.22. The first-order valence-corrected chi connectivity index (χ1v) is 7.82. The number of hydrogen-bond donors (Lipinski definition) is 0. The van der Waals surface area contributed by atoms with Gasteiger partial charge in [0, 0.05) is 11.8 Å². The van der Waals surface area contributed by atoms with Gasteiger partial charge >= 0.3 is 5.97 Å². The molecule has 1 aliphatic rings. The summed E-state index contributed by atoms with van der Waals surface area (Å²) in [4.78, 5) is 11.8. The van der Waals surface area contributed by atoms with E-state index >= 15 is 0 Å². The Hall–Kier alpha value is -0.950. The van der Waals surface area contributed by atoms with Crippen LogP contribution in [-0.4, -0.2) is 35.9 Å². The first-order valence-electron chi connectivity index (χ1n) is 5.16. The van der Waals surface area contributed by atoms with Crippen molar-refractivity contribution in [3.05, 3.63) is 16.6 Å². The van der Waals surface area contributed by atoms with E-state index in [0.717, 1.165) is 0 Å². The SMILES string of the molecule is Cc1nscc1C(=O)O[C@@]1(C)CCS(=O)(=O)C1. The van der Waals surface area contributed by atoms with E-state index in [1.54, 1.807) is 19.2 Å². The molecule has 1 aromatic rings. The van der Waals surface area contributed by atoms with E-state index in [-0.39, 0.29) is 11.5 Å². The highest BCUT2D eigenvalue weighted by atomic mass is 32.2. The van der Waals surface area contributed by atoms with Crippen molar-refractivity contribution < 1.29 is 17.9 Å².